The number of aryl methyl sites for hydroxylation is 1. The first-order chi connectivity index (χ1) is 10.3. The molecule has 2 heterocycles. The number of tetrazole rings is 1. The van der Waals surface area contributed by atoms with Crippen molar-refractivity contribution < 1.29 is 4.74 Å². The number of methoxy groups -OCH3 is 1. The number of benzene rings is 1. The summed E-state index contributed by atoms with van der Waals surface area (Å²) in [5.74, 6) is 0.691. The van der Waals surface area contributed by atoms with Gasteiger partial charge in [-0.2, -0.15) is 4.68 Å². The van der Waals surface area contributed by atoms with Crippen LogP contribution in [0.25, 0.3) is 5.69 Å². The lowest BCUT2D eigenvalue weighted by Gasteiger charge is -2.08. The van der Waals surface area contributed by atoms with Crippen molar-refractivity contribution in [1.82, 2.24) is 30.2 Å². The van der Waals surface area contributed by atoms with Gasteiger partial charge in [0.1, 0.15) is 11.4 Å². The van der Waals surface area contributed by atoms with Gasteiger partial charge in [-0.25, -0.2) is 9.97 Å². The first kappa shape index (κ1) is 13.5. The molecular weight excluding hydrogens is 288 g/mol. The normalized spacial score (nSPS) is 10.6. The lowest BCUT2D eigenvalue weighted by molar-refractivity contribution is 0.410. The summed E-state index contributed by atoms with van der Waals surface area (Å²) in [6.45, 7) is 1.91. The van der Waals surface area contributed by atoms with E-state index in [-0.39, 0.29) is 0 Å². The first-order valence-corrected chi connectivity index (χ1v) is 6.99. The summed E-state index contributed by atoms with van der Waals surface area (Å²) in [5, 5.41) is 12.9. The third-order valence-electron chi connectivity index (χ3n) is 2.71. The van der Waals surface area contributed by atoms with E-state index in [1.165, 1.54) is 11.8 Å². The van der Waals surface area contributed by atoms with Gasteiger partial charge in [-0.3, -0.25) is 0 Å². The van der Waals surface area contributed by atoms with Crippen molar-refractivity contribution in [1.29, 1.82) is 0 Å². The highest BCUT2D eigenvalue weighted by Crippen LogP contribution is 2.28. The number of para-hydroxylation sites is 2. The van der Waals surface area contributed by atoms with Crippen LogP contribution in [0, 0.1) is 6.92 Å². The van der Waals surface area contributed by atoms with Crippen LogP contribution >= 0.6 is 11.8 Å². The van der Waals surface area contributed by atoms with Crippen LogP contribution in [0.1, 0.15) is 5.69 Å². The molecule has 0 aliphatic carbocycles. The van der Waals surface area contributed by atoms with Crippen molar-refractivity contribution in [3.05, 3.63) is 42.2 Å². The molecule has 3 aromatic rings. The largest absolute Gasteiger partial charge is 0.494 e. The Morgan fingerprint density at radius 1 is 1.19 bits per heavy atom. The summed E-state index contributed by atoms with van der Waals surface area (Å²) in [7, 11) is 1.61. The van der Waals surface area contributed by atoms with Crippen LogP contribution in [-0.2, 0) is 0 Å². The second-order valence-corrected chi connectivity index (χ2v) is 5.06. The van der Waals surface area contributed by atoms with E-state index >= 15 is 0 Å². The summed E-state index contributed by atoms with van der Waals surface area (Å²) in [6.07, 6.45) is 1.71. The molecule has 2 aromatic heterocycles. The SMILES string of the molecule is COc1ccccc1-n1nnnc1Sc1nccc(C)n1. The molecule has 0 radical (unpaired) electrons. The zero-order valence-corrected chi connectivity index (χ0v) is 12.3. The maximum atomic E-state index is 5.34. The number of rotatable bonds is 4. The Morgan fingerprint density at radius 2 is 2.05 bits per heavy atom. The van der Waals surface area contributed by atoms with Gasteiger partial charge < -0.3 is 4.74 Å². The zero-order valence-electron chi connectivity index (χ0n) is 11.5. The lowest BCUT2D eigenvalue weighted by atomic mass is 10.3. The smallest absolute Gasteiger partial charge is 0.222 e. The van der Waals surface area contributed by atoms with Gasteiger partial charge >= 0.3 is 0 Å². The van der Waals surface area contributed by atoms with Crippen LogP contribution in [0.15, 0.2) is 46.8 Å². The minimum absolute atomic E-state index is 0.574. The Labute approximate surface area is 125 Å². The molecule has 21 heavy (non-hydrogen) atoms. The van der Waals surface area contributed by atoms with Crippen molar-refractivity contribution >= 4 is 11.8 Å². The second-order valence-electron chi connectivity index (χ2n) is 4.13. The number of ether oxygens (including phenoxy) is 1. The van der Waals surface area contributed by atoms with E-state index in [2.05, 4.69) is 25.5 Å². The maximum Gasteiger partial charge on any atom is 0.222 e. The van der Waals surface area contributed by atoms with Crippen molar-refractivity contribution in [2.75, 3.05) is 7.11 Å². The molecule has 0 bridgehead atoms. The third kappa shape index (κ3) is 2.84. The highest BCUT2D eigenvalue weighted by molar-refractivity contribution is 7.99. The summed E-state index contributed by atoms with van der Waals surface area (Å²) in [5.41, 5.74) is 1.66. The fourth-order valence-electron chi connectivity index (χ4n) is 1.76. The van der Waals surface area contributed by atoms with Gasteiger partial charge in [0.15, 0.2) is 5.16 Å². The molecule has 3 rings (SSSR count). The van der Waals surface area contributed by atoms with Crippen LogP contribution < -0.4 is 4.74 Å². The Morgan fingerprint density at radius 3 is 2.86 bits per heavy atom. The molecule has 0 saturated carbocycles. The Kier molecular flexibility index (Phi) is 3.78. The van der Waals surface area contributed by atoms with Crippen molar-refractivity contribution in [2.24, 2.45) is 0 Å². The molecule has 0 aliphatic rings. The van der Waals surface area contributed by atoms with Crippen LogP contribution in [0.2, 0.25) is 0 Å². The quantitative estimate of drug-likeness (QED) is 0.681. The summed E-state index contributed by atoms with van der Waals surface area (Å²) in [6, 6.07) is 9.37. The van der Waals surface area contributed by atoms with Crippen molar-refractivity contribution in [2.45, 2.75) is 17.2 Å². The Bertz CT molecular complexity index is 760. The standard InChI is InChI=1S/C13H12N6OS/c1-9-7-8-14-12(15-9)21-13-16-17-18-19(13)10-5-3-4-6-11(10)20-2/h3-8H,1-2H3. The summed E-state index contributed by atoms with van der Waals surface area (Å²) < 4.78 is 6.94. The van der Waals surface area contributed by atoms with Gasteiger partial charge in [0, 0.05) is 11.9 Å². The average Bonchev–Trinajstić information content (AvgIpc) is 2.95. The third-order valence-corrected chi connectivity index (χ3v) is 3.53. The van der Waals surface area contributed by atoms with E-state index in [1.807, 2.05) is 37.3 Å². The predicted molar refractivity (Wildman–Crippen MR) is 76.6 cm³/mol. The number of nitrogens with zero attached hydrogens (tertiary/aromatic N) is 6. The number of hydrogen-bond acceptors (Lipinski definition) is 7. The molecule has 8 heteroatoms. The molecule has 0 N–H and O–H groups in total. The molecular formula is C13H12N6OS. The summed E-state index contributed by atoms with van der Waals surface area (Å²) >= 11 is 1.30. The number of aromatic nitrogens is 6. The van der Waals surface area contributed by atoms with E-state index in [0.717, 1.165) is 11.4 Å². The lowest BCUT2D eigenvalue weighted by Crippen LogP contribution is -2.02. The topological polar surface area (TPSA) is 78.6 Å². The Balaban J connectivity index is 1.98. The minimum atomic E-state index is 0.574. The van der Waals surface area contributed by atoms with E-state index in [4.69, 9.17) is 4.74 Å². The van der Waals surface area contributed by atoms with E-state index in [1.54, 1.807) is 18.0 Å². The van der Waals surface area contributed by atoms with Crippen molar-refractivity contribution in [3.8, 4) is 11.4 Å². The van der Waals surface area contributed by atoms with Crippen LogP contribution in [0.5, 0.6) is 5.75 Å². The predicted octanol–water partition coefficient (Wildman–Crippen LogP) is 1.92. The van der Waals surface area contributed by atoms with Gasteiger partial charge in [0.25, 0.3) is 0 Å². The fraction of sp³-hybridized carbons (Fsp3) is 0.154. The molecule has 0 amide bonds. The van der Waals surface area contributed by atoms with Gasteiger partial charge in [0.05, 0.1) is 7.11 Å². The molecule has 0 saturated heterocycles. The van der Waals surface area contributed by atoms with E-state index in [0.29, 0.717) is 16.1 Å². The Hall–Kier alpha value is -2.48. The maximum absolute atomic E-state index is 5.34. The van der Waals surface area contributed by atoms with E-state index in [9.17, 15) is 0 Å². The van der Waals surface area contributed by atoms with Gasteiger partial charge in [-0.15, -0.1) is 5.10 Å². The highest BCUT2D eigenvalue weighted by atomic mass is 32.2. The monoisotopic (exact) mass is 300 g/mol. The minimum Gasteiger partial charge on any atom is -0.494 e. The molecule has 0 unspecified atom stereocenters. The molecule has 7 nitrogen and oxygen atoms in total. The van der Waals surface area contributed by atoms with Gasteiger partial charge in [0.2, 0.25) is 5.16 Å². The molecule has 0 atom stereocenters. The number of hydrogen-bond donors (Lipinski definition) is 0. The van der Waals surface area contributed by atoms with Gasteiger partial charge in [-0.1, -0.05) is 12.1 Å². The zero-order chi connectivity index (χ0) is 14.7. The van der Waals surface area contributed by atoms with Crippen LogP contribution in [0.4, 0.5) is 0 Å². The fourth-order valence-corrected chi connectivity index (χ4v) is 2.52. The highest BCUT2D eigenvalue weighted by Gasteiger charge is 2.14. The average molecular weight is 300 g/mol. The van der Waals surface area contributed by atoms with E-state index < -0.39 is 0 Å². The molecule has 0 spiro atoms. The van der Waals surface area contributed by atoms with Crippen molar-refractivity contribution in [3.63, 3.8) is 0 Å². The summed E-state index contributed by atoms with van der Waals surface area (Å²) in [4.78, 5) is 8.54. The van der Waals surface area contributed by atoms with Crippen LogP contribution in [-0.4, -0.2) is 37.3 Å². The van der Waals surface area contributed by atoms with Gasteiger partial charge in [-0.05, 0) is 47.3 Å². The first-order valence-electron chi connectivity index (χ1n) is 6.17. The second kappa shape index (κ2) is 5.88. The molecule has 106 valence electrons. The van der Waals surface area contributed by atoms with Crippen LogP contribution in [0.3, 0.4) is 0 Å². The molecule has 0 fully saturated rings. The molecule has 1 aromatic carbocycles. The molecule has 0 aliphatic heterocycles.